The van der Waals surface area contributed by atoms with Gasteiger partial charge in [-0.1, -0.05) is 128 Å². The molecule has 0 radical (unpaired) electrons. The molecule has 2 unspecified atom stereocenters. The van der Waals surface area contributed by atoms with Gasteiger partial charge in [0.25, 0.3) is 0 Å². The molecule has 3 aromatic carbocycles. The number of esters is 3. The second-order valence-corrected chi connectivity index (χ2v) is 13.8. The molecule has 8 nitrogen and oxygen atoms in total. The summed E-state index contributed by atoms with van der Waals surface area (Å²) in [6.07, 6.45) is 17.3. The van der Waals surface area contributed by atoms with Crippen LogP contribution in [0.25, 0.3) is 11.1 Å². The topological polar surface area (TPSA) is 97.4 Å². The molecule has 0 aliphatic rings. The maximum absolute atomic E-state index is 12.7. The van der Waals surface area contributed by atoms with Crippen molar-refractivity contribution in [3.8, 4) is 28.4 Å². The third-order valence-electron chi connectivity index (χ3n) is 9.12. The van der Waals surface area contributed by atoms with Gasteiger partial charge >= 0.3 is 17.9 Å². The standard InChI is InChI=1S/C45H62O8/c1-5-7-9-11-13-15-17-19-33-49-40-27-25-39(26-28-40)45(48)53-42-31-23-38(24-32-42)37-21-29-41(30-22-37)51-36(4)44(47)52-35(3)43(46)50-34-20-18-16-14-12-10-8-6-2/h21-32,35-36H,5-20,33-34H2,1-4H3. The second-order valence-electron chi connectivity index (χ2n) is 13.8. The number of ether oxygens (including phenoxy) is 5. The van der Waals surface area contributed by atoms with E-state index in [-0.39, 0.29) is 0 Å². The first kappa shape index (κ1) is 43.1. The molecule has 0 amide bonds. The number of benzene rings is 3. The second kappa shape index (κ2) is 25.6. The molecule has 0 aromatic heterocycles. The van der Waals surface area contributed by atoms with E-state index in [0.717, 1.165) is 42.6 Å². The highest BCUT2D eigenvalue weighted by molar-refractivity contribution is 5.91. The molecular weight excluding hydrogens is 668 g/mol. The van der Waals surface area contributed by atoms with Gasteiger partial charge in [-0.25, -0.2) is 14.4 Å². The van der Waals surface area contributed by atoms with Crippen LogP contribution in [0.5, 0.6) is 17.2 Å². The van der Waals surface area contributed by atoms with Crippen molar-refractivity contribution >= 4 is 17.9 Å². The maximum Gasteiger partial charge on any atom is 0.347 e. The normalized spacial score (nSPS) is 12.1. The lowest BCUT2D eigenvalue weighted by Gasteiger charge is -2.17. The summed E-state index contributed by atoms with van der Waals surface area (Å²) < 4.78 is 27.8. The van der Waals surface area contributed by atoms with Crippen molar-refractivity contribution < 1.29 is 38.1 Å². The van der Waals surface area contributed by atoms with Crippen molar-refractivity contribution in [2.45, 2.75) is 143 Å². The van der Waals surface area contributed by atoms with E-state index in [1.165, 1.54) is 84.0 Å². The lowest BCUT2D eigenvalue weighted by molar-refractivity contribution is -0.170. The van der Waals surface area contributed by atoms with Crippen molar-refractivity contribution in [1.82, 2.24) is 0 Å². The molecule has 53 heavy (non-hydrogen) atoms. The Kier molecular flexibility index (Phi) is 20.8. The molecule has 0 fully saturated rings. The Morgan fingerprint density at radius 3 is 1.47 bits per heavy atom. The molecule has 8 heteroatoms. The minimum absolute atomic E-state index is 0.325. The van der Waals surface area contributed by atoms with Crippen LogP contribution in [-0.2, 0) is 19.1 Å². The number of carbonyl (C=O) groups is 3. The summed E-state index contributed by atoms with van der Waals surface area (Å²) in [5.41, 5.74) is 2.28. The summed E-state index contributed by atoms with van der Waals surface area (Å²) in [6.45, 7) is 8.53. The Balaban J connectivity index is 1.34. The molecule has 0 saturated heterocycles. The van der Waals surface area contributed by atoms with Gasteiger partial charge in [0.05, 0.1) is 18.8 Å². The number of hydrogen-bond acceptors (Lipinski definition) is 8. The van der Waals surface area contributed by atoms with Gasteiger partial charge in [-0.3, -0.25) is 0 Å². The molecular formula is C45H62O8. The third-order valence-corrected chi connectivity index (χ3v) is 9.12. The predicted octanol–water partition coefficient (Wildman–Crippen LogP) is 11.5. The summed E-state index contributed by atoms with van der Waals surface area (Å²) in [7, 11) is 0. The van der Waals surface area contributed by atoms with Crippen molar-refractivity contribution in [2.75, 3.05) is 13.2 Å². The van der Waals surface area contributed by atoms with Gasteiger partial charge in [0.15, 0.2) is 12.2 Å². The van der Waals surface area contributed by atoms with E-state index in [9.17, 15) is 14.4 Å². The Labute approximate surface area is 317 Å². The zero-order valence-electron chi connectivity index (χ0n) is 32.6. The van der Waals surface area contributed by atoms with Gasteiger partial charge in [-0.2, -0.15) is 0 Å². The van der Waals surface area contributed by atoms with Crippen LogP contribution >= 0.6 is 0 Å². The van der Waals surface area contributed by atoms with Gasteiger partial charge in [0, 0.05) is 0 Å². The van der Waals surface area contributed by atoms with Crippen molar-refractivity contribution in [2.24, 2.45) is 0 Å². The first-order chi connectivity index (χ1) is 25.8. The molecule has 0 spiro atoms. The van der Waals surface area contributed by atoms with Crippen LogP contribution in [-0.4, -0.2) is 43.3 Å². The highest BCUT2D eigenvalue weighted by atomic mass is 16.6. The molecule has 3 rings (SSSR count). The molecule has 0 saturated carbocycles. The Hall–Kier alpha value is -4.33. The quantitative estimate of drug-likeness (QED) is 0.0434. The Bertz CT molecular complexity index is 1450. The summed E-state index contributed by atoms with van der Waals surface area (Å²) in [5, 5.41) is 0. The van der Waals surface area contributed by atoms with Crippen LogP contribution in [0.1, 0.15) is 141 Å². The highest BCUT2D eigenvalue weighted by Crippen LogP contribution is 2.26. The fourth-order valence-corrected chi connectivity index (χ4v) is 5.82. The zero-order valence-corrected chi connectivity index (χ0v) is 32.6. The minimum atomic E-state index is -1.01. The lowest BCUT2D eigenvalue weighted by atomic mass is 10.1. The minimum Gasteiger partial charge on any atom is -0.494 e. The van der Waals surface area contributed by atoms with E-state index in [0.29, 0.717) is 30.3 Å². The largest absolute Gasteiger partial charge is 0.494 e. The van der Waals surface area contributed by atoms with E-state index in [4.69, 9.17) is 23.7 Å². The Morgan fingerprint density at radius 2 is 0.943 bits per heavy atom. The van der Waals surface area contributed by atoms with E-state index < -0.39 is 30.1 Å². The van der Waals surface area contributed by atoms with E-state index in [1.807, 2.05) is 24.3 Å². The lowest BCUT2D eigenvalue weighted by Crippen LogP contribution is -2.33. The summed E-state index contributed by atoms with van der Waals surface area (Å²) >= 11 is 0. The number of rotatable bonds is 27. The monoisotopic (exact) mass is 730 g/mol. The fourth-order valence-electron chi connectivity index (χ4n) is 5.82. The van der Waals surface area contributed by atoms with Crippen LogP contribution in [0.3, 0.4) is 0 Å². The first-order valence-electron chi connectivity index (χ1n) is 20.0. The number of unbranched alkanes of at least 4 members (excludes halogenated alkanes) is 14. The smallest absolute Gasteiger partial charge is 0.347 e. The molecule has 0 heterocycles. The third kappa shape index (κ3) is 17.4. The summed E-state index contributed by atoms with van der Waals surface area (Å²) in [5.74, 6) is 0.0316. The predicted molar refractivity (Wildman–Crippen MR) is 211 cm³/mol. The van der Waals surface area contributed by atoms with Gasteiger partial charge in [-0.05, 0) is 86.3 Å². The molecule has 0 bridgehead atoms. The molecule has 290 valence electrons. The molecule has 0 aliphatic heterocycles. The van der Waals surface area contributed by atoms with Gasteiger partial charge < -0.3 is 23.7 Å². The van der Waals surface area contributed by atoms with Crippen LogP contribution in [0.2, 0.25) is 0 Å². The molecule has 0 aliphatic carbocycles. The Morgan fingerprint density at radius 1 is 0.491 bits per heavy atom. The highest BCUT2D eigenvalue weighted by Gasteiger charge is 2.24. The summed E-state index contributed by atoms with van der Waals surface area (Å²) in [4.78, 5) is 37.6. The van der Waals surface area contributed by atoms with Gasteiger partial charge in [0.1, 0.15) is 17.2 Å². The fraction of sp³-hybridized carbons (Fsp3) is 0.533. The average Bonchev–Trinajstić information content (AvgIpc) is 3.17. The van der Waals surface area contributed by atoms with E-state index in [1.54, 1.807) is 55.5 Å². The van der Waals surface area contributed by atoms with E-state index in [2.05, 4.69) is 13.8 Å². The van der Waals surface area contributed by atoms with Crippen LogP contribution < -0.4 is 14.2 Å². The maximum atomic E-state index is 12.7. The number of carbonyl (C=O) groups excluding carboxylic acids is 3. The molecule has 2 atom stereocenters. The van der Waals surface area contributed by atoms with E-state index >= 15 is 0 Å². The van der Waals surface area contributed by atoms with Crippen LogP contribution in [0.4, 0.5) is 0 Å². The van der Waals surface area contributed by atoms with Crippen molar-refractivity contribution in [1.29, 1.82) is 0 Å². The van der Waals surface area contributed by atoms with Crippen molar-refractivity contribution in [3.05, 3.63) is 78.4 Å². The van der Waals surface area contributed by atoms with Crippen molar-refractivity contribution in [3.63, 3.8) is 0 Å². The molecule has 0 N–H and O–H groups in total. The zero-order chi connectivity index (χ0) is 38.1. The number of hydrogen-bond donors (Lipinski definition) is 0. The van der Waals surface area contributed by atoms with Gasteiger partial charge in [-0.15, -0.1) is 0 Å². The average molecular weight is 731 g/mol. The molecule has 3 aromatic rings. The summed E-state index contributed by atoms with van der Waals surface area (Å²) in [6, 6.07) is 21.6. The van der Waals surface area contributed by atoms with Gasteiger partial charge in [0.2, 0.25) is 0 Å². The first-order valence-corrected chi connectivity index (χ1v) is 20.0. The SMILES string of the molecule is CCCCCCCCCCOC(=O)C(C)OC(=O)C(C)Oc1ccc(-c2ccc(OC(=O)c3ccc(OCCCCCCCCCC)cc3)cc2)cc1. The van der Waals surface area contributed by atoms with Crippen LogP contribution in [0.15, 0.2) is 72.8 Å². The van der Waals surface area contributed by atoms with Crippen LogP contribution in [0, 0.1) is 0 Å².